The summed E-state index contributed by atoms with van der Waals surface area (Å²) in [7, 11) is -2.13. The molecular weight excluding hydrogens is 384 g/mol. The van der Waals surface area contributed by atoms with Gasteiger partial charge in [0, 0.05) is 6.61 Å². The zero-order chi connectivity index (χ0) is 22.1. The molecule has 174 valence electrons. The van der Waals surface area contributed by atoms with Gasteiger partial charge in [0.15, 0.2) is 0 Å². The van der Waals surface area contributed by atoms with E-state index in [0.717, 1.165) is 24.4 Å². The van der Waals surface area contributed by atoms with E-state index >= 15 is 0 Å². The van der Waals surface area contributed by atoms with Gasteiger partial charge in [-0.1, -0.05) is 104 Å². The van der Waals surface area contributed by atoms with Gasteiger partial charge in [-0.15, -0.1) is 0 Å². The van der Waals surface area contributed by atoms with Gasteiger partial charge in [-0.05, 0) is 55.6 Å². The molecule has 0 fully saturated rings. The highest BCUT2D eigenvalue weighted by atomic mass is 28.4. The van der Waals surface area contributed by atoms with E-state index < -0.39 is 8.56 Å². The molecule has 0 aliphatic heterocycles. The van der Waals surface area contributed by atoms with Crippen LogP contribution in [0, 0.1) is 13.8 Å². The summed E-state index contributed by atoms with van der Waals surface area (Å²) in [4.78, 5) is 0. The Hall–Kier alpha value is -0.803. The van der Waals surface area contributed by atoms with Crippen molar-refractivity contribution < 1.29 is 8.85 Å². The number of hydrogen-bond donors (Lipinski definition) is 0. The first-order valence-corrected chi connectivity index (χ1v) is 15.2. The summed E-state index contributed by atoms with van der Waals surface area (Å²) in [6, 6.07) is 8.51. The fourth-order valence-electron chi connectivity index (χ4n) is 4.21. The average molecular weight is 435 g/mol. The summed E-state index contributed by atoms with van der Waals surface area (Å²) < 4.78 is 12.9. The fourth-order valence-corrected chi connectivity index (χ4v) is 6.53. The maximum atomic E-state index is 6.49. The Labute approximate surface area is 189 Å². The second-order valence-corrected chi connectivity index (χ2v) is 12.9. The highest BCUT2D eigenvalue weighted by molar-refractivity contribution is 6.68. The van der Waals surface area contributed by atoms with Gasteiger partial charge in [0.05, 0.1) is 0 Å². The van der Waals surface area contributed by atoms with Crippen LogP contribution in [0.25, 0.3) is 0 Å². The molecule has 3 heteroatoms. The largest absolute Gasteiger partial charge is 0.520 e. The molecule has 0 aromatic heterocycles. The van der Waals surface area contributed by atoms with Gasteiger partial charge in [-0.2, -0.15) is 0 Å². The van der Waals surface area contributed by atoms with Gasteiger partial charge >= 0.3 is 8.56 Å². The normalized spacial score (nSPS) is 11.8. The maximum Gasteiger partial charge on any atom is 0.398 e. The fraction of sp³-hybridized carbons (Fsp3) is 0.778. The van der Waals surface area contributed by atoms with Crippen LogP contribution in [0.5, 0.6) is 5.75 Å². The van der Waals surface area contributed by atoms with Crippen molar-refractivity contribution in [3.8, 4) is 5.75 Å². The molecule has 0 spiro atoms. The van der Waals surface area contributed by atoms with Gasteiger partial charge in [0.2, 0.25) is 0 Å². The quantitative estimate of drug-likeness (QED) is 0.159. The van der Waals surface area contributed by atoms with Crippen LogP contribution in [0.1, 0.15) is 115 Å². The summed E-state index contributed by atoms with van der Waals surface area (Å²) >= 11 is 0. The van der Waals surface area contributed by atoms with Crippen molar-refractivity contribution in [1.82, 2.24) is 0 Å². The summed E-state index contributed by atoms with van der Waals surface area (Å²) in [5.74, 6) is 0.994. The molecule has 2 nitrogen and oxygen atoms in total. The SMILES string of the molecule is CCCCCCCCCCCCCCCO[Si](CC)(CC)Oc1cc(C)cc(C)c1. The van der Waals surface area contributed by atoms with Crippen molar-refractivity contribution >= 4 is 8.56 Å². The molecule has 0 saturated heterocycles. The van der Waals surface area contributed by atoms with Crippen molar-refractivity contribution in [3.63, 3.8) is 0 Å². The lowest BCUT2D eigenvalue weighted by atomic mass is 10.0. The van der Waals surface area contributed by atoms with Crippen LogP contribution in [0.15, 0.2) is 18.2 Å². The standard InChI is InChI=1S/C27H50O2Si/c1-6-9-10-11-12-13-14-15-16-17-18-19-20-21-28-30(7-2,8-3)29-27-23-25(4)22-26(5)24-27/h22-24H,6-21H2,1-5H3. The number of aryl methyl sites for hydroxylation is 2. The van der Waals surface area contributed by atoms with Crippen LogP contribution in [-0.2, 0) is 4.43 Å². The molecule has 0 unspecified atom stereocenters. The van der Waals surface area contributed by atoms with E-state index in [0.29, 0.717) is 0 Å². The van der Waals surface area contributed by atoms with Gasteiger partial charge in [0.1, 0.15) is 5.75 Å². The number of hydrogen-bond acceptors (Lipinski definition) is 2. The van der Waals surface area contributed by atoms with E-state index in [9.17, 15) is 0 Å². The van der Waals surface area contributed by atoms with E-state index in [1.807, 2.05) is 0 Å². The van der Waals surface area contributed by atoms with Crippen LogP contribution in [0.4, 0.5) is 0 Å². The highest BCUT2D eigenvalue weighted by Crippen LogP contribution is 2.25. The minimum Gasteiger partial charge on any atom is -0.520 e. The average Bonchev–Trinajstić information content (AvgIpc) is 2.72. The van der Waals surface area contributed by atoms with Gasteiger partial charge in [0.25, 0.3) is 0 Å². The van der Waals surface area contributed by atoms with E-state index in [1.165, 1.54) is 94.6 Å². The molecule has 0 bridgehead atoms. The second kappa shape index (κ2) is 16.8. The smallest absolute Gasteiger partial charge is 0.398 e. The Kier molecular flexibility index (Phi) is 15.3. The van der Waals surface area contributed by atoms with Crippen molar-refractivity contribution in [2.24, 2.45) is 0 Å². The number of rotatable bonds is 19. The Morgan fingerprint density at radius 1 is 0.600 bits per heavy atom. The number of benzene rings is 1. The van der Waals surface area contributed by atoms with E-state index in [4.69, 9.17) is 8.85 Å². The van der Waals surface area contributed by atoms with E-state index in [-0.39, 0.29) is 0 Å². The Morgan fingerprint density at radius 3 is 1.47 bits per heavy atom. The molecule has 0 radical (unpaired) electrons. The van der Waals surface area contributed by atoms with Gasteiger partial charge in [-0.25, -0.2) is 0 Å². The first-order chi connectivity index (χ1) is 14.5. The van der Waals surface area contributed by atoms with Crippen molar-refractivity contribution in [3.05, 3.63) is 29.3 Å². The molecule has 0 atom stereocenters. The summed E-state index contributed by atoms with van der Waals surface area (Å²) in [5.41, 5.74) is 2.52. The molecule has 0 aliphatic rings. The highest BCUT2D eigenvalue weighted by Gasteiger charge is 2.35. The number of unbranched alkanes of at least 4 members (excludes halogenated alkanes) is 12. The topological polar surface area (TPSA) is 18.5 Å². The lowest BCUT2D eigenvalue weighted by molar-refractivity contribution is 0.230. The van der Waals surface area contributed by atoms with Crippen molar-refractivity contribution in [2.45, 2.75) is 130 Å². The Morgan fingerprint density at radius 2 is 1.03 bits per heavy atom. The van der Waals surface area contributed by atoms with Crippen LogP contribution < -0.4 is 4.43 Å². The van der Waals surface area contributed by atoms with E-state index in [2.05, 4.69) is 52.8 Å². The molecule has 0 aliphatic carbocycles. The van der Waals surface area contributed by atoms with Crippen molar-refractivity contribution in [2.75, 3.05) is 6.61 Å². The molecule has 0 saturated carbocycles. The monoisotopic (exact) mass is 434 g/mol. The zero-order valence-corrected chi connectivity index (χ0v) is 21.9. The minimum absolute atomic E-state index is 0.858. The maximum absolute atomic E-state index is 6.49. The third-order valence-electron chi connectivity index (χ3n) is 6.19. The minimum atomic E-state index is -2.13. The molecule has 30 heavy (non-hydrogen) atoms. The third-order valence-corrected chi connectivity index (χ3v) is 9.68. The van der Waals surface area contributed by atoms with Crippen LogP contribution in [0.2, 0.25) is 12.1 Å². The molecule has 0 amide bonds. The lowest BCUT2D eigenvalue weighted by Crippen LogP contribution is -2.44. The molecule has 1 aromatic rings. The molecule has 0 N–H and O–H groups in total. The first-order valence-electron chi connectivity index (χ1n) is 13.0. The Bertz CT molecular complexity index is 519. The first kappa shape index (κ1) is 27.2. The van der Waals surface area contributed by atoms with Gasteiger partial charge in [-0.3, -0.25) is 0 Å². The zero-order valence-electron chi connectivity index (χ0n) is 20.9. The molecule has 1 aromatic carbocycles. The van der Waals surface area contributed by atoms with Crippen LogP contribution >= 0.6 is 0 Å². The van der Waals surface area contributed by atoms with Crippen LogP contribution in [0.3, 0.4) is 0 Å². The summed E-state index contributed by atoms with van der Waals surface area (Å²) in [6.07, 6.45) is 18.0. The predicted molar refractivity (Wildman–Crippen MR) is 135 cm³/mol. The summed E-state index contributed by atoms with van der Waals surface area (Å²) in [6.45, 7) is 11.9. The van der Waals surface area contributed by atoms with Gasteiger partial charge < -0.3 is 8.85 Å². The van der Waals surface area contributed by atoms with E-state index in [1.54, 1.807) is 0 Å². The predicted octanol–water partition coefficient (Wildman–Crippen LogP) is 9.27. The third kappa shape index (κ3) is 12.1. The second-order valence-electron chi connectivity index (χ2n) is 9.13. The Balaban J connectivity index is 2.13. The molecule has 1 rings (SSSR count). The lowest BCUT2D eigenvalue weighted by Gasteiger charge is -2.29. The molecule has 0 heterocycles. The summed E-state index contributed by atoms with van der Waals surface area (Å²) in [5, 5.41) is 0. The molecular formula is C27H50O2Si. The van der Waals surface area contributed by atoms with Crippen molar-refractivity contribution in [1.29, 1.82) is 0 Å². The van der Waals surface area contributed by atoms with Crippen LogP contribution in [-0.4, -0.2) is 15.2 Å².